The van der Waals surface area contributed by atoms with Crippen LogP contribution in [0.4, 0.5) is 20.2 Å². The number of rotatable bonds is 3. The van der Waals surface area contributed by atoms with E-state index in [4.69, 9.17) is 10.5 Å². The molecule has 7 nitrogen and oxygen atoms in total. The fraction of sp³-hybridized carbons (Fsp3) is 0.263. The lowest BCUT2D eigenvalue weighted by Crippen LogP contribution is -2.57. The number of aliphatic imine (C=N–C) groups is 2. The summed E-state index contributed by atoms with van der Waals surface area (Å²) in [6.45, 7) is 2.24. The second-order valence-electron chi connectivity index (χ2n) is 6.35. The fourth-order valence-corrected chi connectivity index (χ4v) is 3.17. The van der Waals surface area contributed by atoms with Crippen molar-refractivity contribution in [3.63, 3.8) is 0 Å². The van der Waals surface area contributed by atoms with E-state index in [1.807, 2.05) is 4.90 Å². The Bertz CT molecular complexity index is 913. The minimum atomic E-state index is -0.797. The topological polar surface area (TPSA) is 78.5 Å². The van der Waals surface area contributed by atoms with E-state index in [1.54, 1.807) is 35.2 Å². The Kier molecular flexibility index (Phi) is 5.07. The third kappa shape index (κ3) is 3.74. The van der Waals surface area contributed by atoms with Gasteiger partial charge in [-0.3, -0.25) is 4.90 Å². The van der Waals surface area contributed by atoms with E-state index in [0.29, 0.717) is 38.0 Å². The molecule has 0 radical (unpaired) electrons. The third-order valence-corrected chi connectivity index (χ3v) is 4.46. The van der Waals surface area contributed by atoms with Gasteiger partial charge >= 0.3 is 0 Å². The quantitative estimate of drug-likeness (QED) is 0.846. The van der Waals surface area contributed by atoms with Gasteiger partial charge in [0.05, 0.1) is 18.9 Å². The van der Waals surface area contributed by atoms with Crippen molar-refractivity contribution < 1.29 is 13.5 Å². The van der Waals surface area contributed by atoms with E-state index < -0.39 is 17.9 Å². The van der Waals surface area contributed by atoms with Gasteiger partial charge in [-0.15, -0.1) is 0 Å². The molecule has 28 heavy (non-hydrogen) atoms. The number of ether oxygens (including phenoxy) is 1. The number of morpholine rings is 1. The van der Waals surface area contributed by atoms with Crippen LogP contribution in [0.3, 0.4) is 0 Å². The van der Waals surface area contributed by atoms with E-state index in [0.717, 1.165) is 0 Å². The summed E-state index contributed by atoms with van der Waals surface area (Å²) < 4.78 is 33.7. The molecular formula is C19H20F2N6O. The summed E-state index contributed by atoms with van der Waals surface area (Å²) in [6.07, 6.45) is -0.797. The summed E-state index contributed by atoms with van der Waals surface area (Å²) in [4.78, 5) is 12.3. The molecule has 0 amide bonds. The molecular weight excluding hydrogens is 366 g/mol. The first-order chi connectivity index (χ1) is 13.6. The summed E-state index contributed by atoms with van der Waals surface area (Å²) in [5.74, 6) is -0.291. The number of para-hydroxylation sites is 1. The van der Waals surface area contributed by atoms with Gasteiger partial charge in [0.25, 0.3) is 0 Å². The molecule has 0 spiro atoms. The molecule has 0 aliphatic carbocycles. The van der Waals surface area contributed by atoms with Gasteiger partial charge in [0, 0.05) is 18.8 Å². The van der Waals surface area contributed by atoms with Crippen LogP contribution >= 0.6 is 0 Å². The van der Waals surface area contributed by atoms with Crippen molar-refractivity contribution in [2.24, 2.45) is 15.7 Å². The molecule has 0 aromatic heterocycles. The molecule has 0 bridgehead atoms. The summed E-state index contributed by atoms with van der Waals surface area (Å²) >= 11 is 0. The van der Waals surface area contributed by atoms with E-state index in [2.05, 4.69) is 15.3 Å². The summed E-state index contributed by atoms with van der Waals surface area (Å²) in [7, 11) is 0. The smallest absolute Gasteiger partial charge is 0.222 e. The van der Waals surface area contributed by atoms with Crippen LogP contribution in [0.1, 0.15) is 0 Å². The van der Waals surface area contributed by atoms with Crippen LogP contribution < -0.4 is 16.0 Å². The Morgan fingerprint density at radius 1 is 1.07 bits per heavy atom. The molecule has 2 heterocycles. The van der Waals surface area contributed by atoms with Crippen LogP contribution in [0.25, 0.3) is 0 Å². The van der Waals surface area contributed by atoms with Crippen molar-refractivity contribution in [1.82, 2.24) is 4.90 Å². The number of nitrogens with one attached hydrogen (secondary N) is 1. The average Bonchev–Trinajstić information content (AvgIpc) is 2.69. The van der Waals surface area contributed by atoms with Crippen LogP contribution in [0.15, 0.2) is 58.5 Å². The number of nitrogens with zero attached hydrogens (tertiary/aromatic N) is 4. The zero-order chi connectivity index (χ0) is 19.5. The van der Waals surface area contributed by atoms with Crippen LogP contribution in [0, 0.1) is 11.6 Å². The molecule has 2 aliphatic heterocycles. The first kappa shape index (κ1) is 18.2. The summed E-state index contributed by atoms with van der Waals surface area (Å²) in [5.41, 5.74) is 6.74. The van der Waals surface area contributed by atoms with Gasteiger partial charge in [0.2, 0.25) is 18.2 Å². The van der Waals surface area contributed by atoms with E-state index in [9.17, 15) is 8.78 Å². The second kappa shape index (κ2) is 7.81. The van der Waals surface area contributed by atoms with Gasteiger partial charge in [-0.1, -0.05) is 18.2 Å². The lowest BCUT2D eigenvalue weighted by Gasteiger charge is -2.41. The fourth-order valence-electron chi connectivity index (χ4n) is 3.17. The maximum atomic E-state index is 14.7. The zero-order valence-corrected chi connectivity index (χ0v) is 15.1. The Labute approximate surface area is 161 Å². The normalized spacial score (nSPS) is 19.9. The number of guanidine groups is 2. The molecule has 2 aromatic rings. The zero-order valence-electron chi connectivity index (χ0n) is 15.1. The highest BCUT2D eigenvalue weighted by Crippen LogP contribution is 2.27. The van der Waals surface area contributed by atoms with Crippen molar-refractivity contribution in [2.75, 3.05) is 36.5 Å². The molecule has 1 unspecified atom stereocenters. The minimum Gasteiger partial charge on any atom is -0.378 e. The highest BCUT2D eigenvalue weighted by atomic mass is 19.1. The predicted octanol–water partition coefficient (Wildman–Crippen LogP) is 2.18. The van der Waals surface area contributed by atoms with Gasteiger partial charge in [-0.05, 0) is 30.3 Å². The van der Waals surface area contributed by atoms with Crippen LogP contribution in [-0.2, 0) is 4.74 Å². The minimum absolute atomic E-state index is 0.0583. The Balaban J connectivity index is 1.74. The molecule has 1 fully saturated rings. The highest BCUT2D eigenvalue weighted by molar-refractivity contribution is 6.06. The molecule has 2 aliphatic rings. The van der Waals surface area contributed by atoms with Gasteiger partial charge < -0.3 is 20.7 Å². The SMILES string of the molecule is NC1=NC(Nc2cccc(F)c2)N(c2ccccc2F)C(N2CCOCC2)=N1. The summed E-state index contributed by atoms with van der Waals surface area (Å²) in [6, 6.07) is 12.3. The lowest BCUT2D eigenvalue weighted by molar-refractivity contribution is 0.0671. The van der Waals surface area contributed by atoms with Gasteiger partial charge in [0.1, 0.15) is 11.6 Å². The van der Waals surface area contributed by atoms with Crippen LogP contribution in [0.2, 0.25) is 0 Å². The maximum Gasteiger partial charge on any atom is 0.222 e. The maximum absolute atomic E-state index is 14.7. The van der Waals surface area contributed by atoms with Crippen molar-refractivity contribution in [1.29, 1.82) is 0 Å². The molecule has 1 atom stereocenters. The number of hydrogen-bond acceptors (Lipinski definition) is 7. The largest absolute Gasteiger partial charge is 0.378 e. The number of anilines is 2. The second-order valence-corrected chi connectivity index (χ2v) is 6.35. The monoisotopic (exact) mass is 386 g/mol. The van der Waals surface area contributed by atoms with Crippen LogP contribution in [0.5, 0.6) is 0 Å². The molecule has 4 rings (SSSR count). The van der Waals surface area contributed by atoms with Gasteiger partial charge in [-0.25, -0.2) is 13.8 Å². The van der Waals surface area contributed by atoms with Crippen LogP contribution in [-0.4, -0.2) is 49.4 Å². The third-order valence-electron chi connectivity index (χ3n) is 4.46. The number of nitrogens with two attached hydrogens (primary N) is 1. The first-order valence-corrected chi connectivity index (χ1v) is 8.92. The Morgan fingerprint density at radius 3 is 2.61 bits per heavy atom. The molecule has 3 N–H and O–H groups in total. The molecule has 9 heteroatoms. The van der Waals surface area contributed by atoms with Crippen molar-refractivity contribution in [3.8, 4) is 0 Å². The first-order valence-electron chi connectivity index (χ1n) is 8.92. The Hall–Kier alpha value is -3.20. The van der Waals surface area contributed by atoms with Gasteiger partial charge in [0.15, 0.2) is 0 Å². The lowest BCUT2D eigenvalue weighted by atomic mass is 10.2. The Morgan fingerprint density at radius 2 is 1.86 bits per heavy atom. The predicted molar refractivity (Wildman–Crippen MR) is 104 cm³/mol. The molecule has 1 saturated heterocycles. The standard InChI is InChI=1S/C19H20F2N6O/c20-13-4-3-5-14(12-13)23-18-24-17(22)25-19(26-8-10-28-11-9-26)27(18)16-7-2-1-6-15(16)21/h1-7,12,18,23H,8-11H2,(H2,22,24). The molecule has 146 valence electrons. The number of hydrogen-bond donors (Lipinski definition) is 2. The molecule has 0 saturated carbocycles. The number of halogens is 2. The van der Waals surface area contributed by atoms with Gasteiger partial charge in [-0.2, -0.15) is 4.99 Å². The average molecular weight is 386 g/mol. The van der Waals surface area contributed by atoms with E-state index in [-0.39, 0.29) is 11.6 Å². The van der Waals surface area contributed by atoms with Crippen molar-refractivity contribution in [2.45, 2.75) is 6.29 Å². The highest BCUT2D eigenvalue weighted by Gasteiger charge is 2.33. The van der Waals surface area contributed by atoms with Crippen molar-refractivity contribution >= 4 is 23.3 Å². The van der Waals surface area contributed by atoms with E-state index in [1.165, 1.54) is 18.2 Å². The number of benzene rings is 2. The molecule has 2 aromatic carbocycles. The summed E-state index contributed by atoms with van der Waals surface area (Å²) in [5, 5.41) is 3.11. The van der Waals surface area contributed by atoms with E-state index >= 15 is 0 Å². The van der Waals surface area contributed by atoms with Crippen molar-refractivity contribution in [3.05, 3.63) is 60.2 Å².